The van der Waals surface area contributed by atoms with Crippen molar-refractivity contribution in [1.29, 1.82) is 0 Å². The van der Waals surface area contributed by atoms with Gasteiger partial charge in [-0.1, -0.05) is 16.3 Å². The highest BCUT2D eigenvalue weighted by Gasteiger charge is 2.36. The topological polar surface area (TPSA) is 81.5 Å². The summed E-state index contributed by atoms with van der Waals surface area (Å²) in [5.74, 6) is -1.01. The molecule has 2 aromatic rings. The molecule has 0 aliphatic heterocycles. The van der Waals surface area contributed by atoms with Crippen LogP contribution in [0.25, 0.3) is 11.3 Å². The molecular weight excluding hydrogens is 344 g/mol. The molecule has 0 saturated heterocycles. The third kappa shape index (κ3) is 4.50. The number of carboxylic acid groups (broad SMARTS) is 1. The largest absolute Gasteiger partial charge is 0.478 e. The minimum Gasteiger partial charge on any atom is -0.478 e. The Bertz CT molecular complexity index is 602. The van der Waals surface area contributed by atoms with E-state index in [4.69, 9.17) is 9.47 Å². The number of nitrogens with zero attached hydrogens (tertiary/aromatic N) is 2. The Labute approximate surface area is 140 Å². The Kier molecular flexibility index (Phi) is 6.33. The number of carboxylic acids is 1. The number of hydrogen-bond acceptors (Lipinski definition) is 8. The predicted molar refractivity (Wildman–Crippen MR) is 87.6 cm³/mol. The second kappa shape index (κ2) is 8.02. The van der Waals surface area contributed by atoms with Crippen molar-refractivity contribution in [2.45, 2.75) is 23.0 Å². The quantitative estimate of drug-likeness (QED) is 0.418. The van der Waals surface area contributed by atoms with Crippen LogP contribution in [0, 0.1) is 0 Å². The van der Waals surface area contributed by atoms with Gasteiger partial charge in [-0.15, -0.1) is 16.4 Å². The second-order valence-electron chi connectivity index (χ2n) is 4.34. The van der Waals surface area contributed by atoms with Gasteiger partial charge in [0.15, 0.2) is 0 Å². The highest BCUT2D eigenvalue weighted by Crippen LogP contribution is 2.39. The zero-order valence-corrected chi connectivity index (χ0v) is 14.6. The summed E-state index contributed by atoms with van der Waals surface area (Å²) in [5.41, 5.74) is 1.73. The van der Waals surface area contributed by atoms with Crippen LogP contribution in [0.4, 0.5) is 0 Å². The maximum Gasteiger partial charge on any atom is 0.346 e. The maximum atomic E-state index is 11.5. The summed E-state index contributed by atoms with van der Waals surface area (Å²) < 4.78 is 15.4. The number of rotatable bonds is 9. The van der Waals surface area contributed by atoms with Crippen LogP contribution in [-0.2, 0) is 14.3 Å². The molecule has 2 rings (SSSR count). The van der Waals surface area contributed by atoms with Crippen molar-refractivity contribution >= 4 is 40.6 Å². The van der Waals surface area contributed by atoms with E-state index < -0.39 is 10.9 Å². The van der Waals surface area contributed by atoms with Gasteiger partial charge in [0.05, 0.1) is 17.4 Å². The maximum absolute atomic E-state index is 11.5. The highest BCUT2D eigenvalue weighted by atomic mass is 32.2. The second-order valence-corrected chi connectivity index (χ2v) is 7.55. The van der Waals surface area contributed by atoms with Crippen molar-refractivity contribution < 1.29 is 19.4 Å². The van der Waals surface area contributed by atoms with Crippen molar-refractivity contribution in [2.24, 2.45) is 0 Å². The number of carbonyl (C=O) groups is 1. The minimum atomic E-state index is -1.35. The van der Waals surface area contributed by atoms with Crippen LogP contribution in [0.1, 0.15) is 13.8 Å². The Morgan fingerprint density at radius 3 is 2.91 bits per heavy atom. The summed E-state index contributed by atoms with van der Waals surface area (Å²) in [6, 6.07) is 1.90. The standard InChI is InChI=1S/C13H16N2O4S3/c1-3-18-4-5-19-13(2,12(16)17)22-11-6-9(7-20-11)10-8-21-15-14-10/h6-8H,3-5H2,1-2H3,(H,16,17). The van der Waals surface area contributed by atoms with Crippen LogP contribution < -0.4 is 0 Å². The average molecular weight is 360 g/mol. The van der Waals surface area contributed by atoms with Gasteiger partial charge in [-0.05, 0) is 31.4 Å². The van der Waals surface area contributed by atoms with E-state index in [1.54, 1.807) is 6.92 Å². The van der Waals surface area contributed by atoms with E-state index >= 15 is 0 Å². The van der Waals surface area contributed by atoms with Gasteiger partial charge in [-0.2, -0.15) is 0 Å². The summed E-state index contributed by atoms with van der Waals surface area (Å²) in [7, 11) is 0. The normalized spacial score (nSPS) is 13.9. The summed E-state index contributed by atoms with van der Waals surface area (Å²) in [4.78, 5) is 10.2. The van der Waals surface area contributed by atoms with E-state index in [1.807, 2.05) is 23.8 Å². The van der Waals surface area contributed by atoms with E-state index in [0.717, 1.165) is 15.5 Å². The molecule has 1 atom stereocenters. The van der Waals surface area contributed by atoms with Gasteiger partial charge in [0.1, 0.15) is 5.69 Å². The predicted octanol–water partition coefficient (Wildman–Crippen LogP) is 3.21. The molecule has 0 aromatic carbocycles. The lowest BCUT2D eigenvalue weighted by Gasteiger charge is -2.23. The molecule has 0 aliphatic rings. The lowest BCUT2D eigenvalue weighted by molar-refractivity contribution is -0.153. The lowest BCUT2D eigenvalue weighted by atomic mass is 10.3. The number of aliphatic carboxylic acids is 1. The first-order valence-corrected chi connectivity index (χ1v) is 9.08. The van der Waals surface area contributed by atoms with Crippen molar-refractivity contribution in [1.82, 2.24) is 9.59 Å². The number of thiophene rings is 1. The summed E-state index contributed by atoms with van der Waals surface area (Å²) in [6.07, 6.45) is 0. The fourth-order valence-electron chi connectivity index (χ4n) is 1.56. The van der Waals surface area contributed by atoms with Crippen LogP contribution in [0.3, 0.4) is 0 Å². The number of aromatic nitrogens is 2. The molecule has 0 saturated carbocycles. The Balaban J connectivity index is 2.03. The van der Waals surface area contributed by atoms with Gasteiger partial charge < -0.3 is 14.6 Å². The SMILES string of the molecule is CCOCCOC(C)(Sc1cc(-c2csnn2)cs1)C(=O)O. The van der Waals surface area contributed by atoms with E-state index in [9.17, 15) is 9.90 Å². The van der Waals surface area contributed by atoms with E-state index in [1.165, 1.54) is 34.6 Å². The van der Waals surface area contributed by atoms with Gasteiger partial charge in [-0.3, -0.25) is 0 Å². The molecule has 0 amide bonds. The fourth-order valence-corrected chi connectivity index (χ4v) is 4.27. The molecule has 22 heavy (non-hydrogen) atoms. The van der Waals surface area contributed by atoms with Crippen molar-refractivity contribution in [3.05, 3.63) is 16.8 Å². The molecule has 0 bridgehead atoms. The average Bonchev–Trinajstić information content (AvgIpc) is 3.14. The molecule has 0 radical (unpaired) electrons. The van der Waals surface area contributed by atoms with Crippen molar-refractivity contribution in [3.8, 4) is 11.3 Å². The zero-order valence-electron chi connectivity index (χ0n) is 12.1. The Morgan fingerprint density at radius 1 is 1.45 bits per heavy atom. The first-order valence-electron chi connectivity index (χ1n) is 6.55. The van der Waals surface area contributed by atoms with Crippen molar-refractivity contribution in [2.75, 3.05) is 19.8 Å². The molecule has 0 fully saturated rings. The molecule has 0 spiro atoms. The zero-order chi connectivity index (χ0) is 16.0. The number of ether oxygens (including phenoxy) is 2. The first-order chi connectivity index (χ1) is 10.5. The summed E-state index contributed by atoms with van der Waals surface area (Å²) in [6.45, 7) is 4.62. The van der Waals surface area contributed by atoms with Gasteiger partial charge >= 0.3 is 5.97 Å². The van der Waals surface area contributed by atoms with Crippen LogP contribution >= 0.6 is 34.6 Å². The van der Waals surface area contributed by atoms with Crippen LogP contribution in [-0.4, -0.2) is 45.4 Å². The monoisotopic (exact) mass is 360 g/mol. The molecule has 2 heterocycles. The van der Waals surface area contributed by atoms with E-state index in [2.05, 4.69) is 9.59 Å². The lowest BCUT2D eigenvalue weighted by Crippen LogP contribution is -2.35. The molecule has 2 aromatic heterocycles. The molecule has 1 unspecified atom stereocenters. The van der Waals surface area contributed by atoms with Gasteiger partial charge in [0, 0.05) is 22.9 Å². The molecule has 120 valence electrons. The van der Waals surface area contributed by atoms with Gasteiger partial charge in [-0.25, -0.2) is 4.79 Å². The third-order valence-electron chi connectivity index (χ3n) is 2.72. The number of thioether (sulfide) groups is 1. The molecule has 6 nitrogen and oxygen atoms in total. The molecule has 0 aliphatic carbocycles. The first kappa shape index (κ1) is 17.4. The highest BCUT2D eigenvalue weighted by molar-refractivity contribution is 8.03. The molecule has 9 heteroatoms. The van der Waals surface area contributed by atoms with Crippen LogP contribution in [0.5, 0.6) is 0 Å². The molecule has 1 N–H and O–H groups in total. The van der Waals surface area contributed by atoms with Crippen LogP contribution in [0.2, 0.25) is 0 Å². The van der Waals surface area contributed by atoms with Crippen LogP contribution in [0.15, 0.2) is 21.0 Å². The smallest absolute Gasteiger partial charge is 0.346 e. The molecular formula is C13H16N2O4S3. The van der Waals surface area contributed by atoms with Gasteiger partial charge in [0.25, 0.3) is 0 Å². The number of hydrogen-bond donors (Lipinski definition) is 1. The van der Waals surface area contributed by atoms with E-state index in [-0.39, 0.29) is 6.61 Å². The Morgan fingerprint density at radius 2 is 2.27 bits per heavy atom. The van der Waals surface area contributed by atoms with Gasteiger partial charge in [0.2, 0.25) is 4.93 Å². The minimum absolute atomic E-state index is 0.234. The summed E-state index contributed by atoms with van der Waals surface area (Å²) in [5, 5.41) is 17.2. The fraction of sp³-hybridized carbons (Fsp3) is 0.462. The Hall–Kier alpha value is -1.00. The third-order valence-corrected chi connectivity index (χ3v) is 5.49. The van der Waals surface area contributed by atoms with E-state index in [0.29, 0.717) is 13.2 Å². The van der Waals surface area contributed by atoms with Crippen molar-refractivity contribution in [3.63, 3.8) is 0 Å². The summed E-state index contributed by atoms with van der Waals surface area (Å²) >= 11 is 3.91.